The van der Waals surface area contributed by atoms with Crippen LogP contribution >= 0.6 is 0 Å². The number of hydrogen-bond donors (Lipinski definition) is 1. The highest BCUT2D eigenvalue weighted by Crippen LogP contribution is 2.27. The lowest BCUT2D eigenvalue weighted by molar-refractivity contribution is -0.141. The Kier molecular flexibility index (Phi) is 3.50. The molecule has 0 aromatic rings. The summed E-state index contributed by atoms with van der Waals surface area (Å²) in [6.45, 7) is 4.45. The van der Waals surface area contributed by atoms with Crippen LogP contribution in [0.2, 0.25) is 0 Å². The van der Waals surface area contributed by atoms with E-state index in [-0.39, 0.29) is 17.7 Å². The monoisotopic (exact) mass is 200 g/mol. The van der Waals surface area contributed by atoms with Gasteiger partial charge in [-0.2, -0.15) is 0 Å². The van der Waals surface area contributed by atoms with Crippen LogP contribution in [-0.2, 0) is 9.53 Å². The van der Waals surface area contributed by atoms with Gasteiger partial charge in [0.1, 0.15) is 5.72 Å². The zero-order valence-corrected chi connectivity index (χ0v) is 9.46. The molecule has 2 unspecified atom stereocenters. The van der Waals surface area contributed by atoms with Crippen LogP contribution in [0.3, 0.4) is 0 Å². The Morgan fingerprint density at radius 1 is 1.64 bits per heavy atom. The summed E-state index contributed by atoms with van der Waals surface area (Å²) in [5.74, 6) is 0.151. The number of rotatable bonds is 2. The van der Waals surface area contributed by atoms with Crippen LogP contribution in [0.15, 0.2) is 0 Å². The first kappa shape index (κ1) is 11.5. The second-order valence-electron chi connectivity index (χ2n) is 3.96. The molecule has 0 radical (unpaired) electrons. The Hall–Kier alpha value is -0.610. The number of carbonyl (C=O) groups excluding carboxylic acids is 1. The number of ether oxygens (including phenoxy) is 1. The molecule has 0 saturated carbocycles. The largest absolute Gasteiger partial charge is 0.364 e. The van der Waals surface area contributed by atoms with Crippen molar-refractivity contribution in [3.8, 4) is 0 Å². The van der Waals surface area contributed by atoms with Crippen molar-refractivity contribution in [2.75, 3.05) is 20.7 Å². The van der Waals surface area contributed by atoms with Crippen molar-refractivity contribution < 1.29 is 9.53 Å². The van der Waals surface area contributed by atoms with Crippen molar-refractivity contribution in [2.45, 2.75) is 38.5 Å². The van der Waals surface area contributed by atoms with Gasteiger partial charge < -0.3 is 9.64 Å². The van der Waals surface area contributed by atoms with Gasteiger partial charge in [0.25, 0.3) is 0 Å². The molecule has 4 heteroatoms. The summed E-state index contributed by atoms with van der Waals surface area (Å²) in [6, 6.07) is 0.244. The van der Waals surface area contributed by atoms with Crippen LogP contribution in [0.5, 0.6) is 0 Å². The van der Waals surface area contributed by atoms with Gasteiger partial charge in [-0.15, -0.1) is 0 Å². The average molecular weight is 200 g/mol. The summed E-state index contributed by atoms with van der Waals surface area (Å²) >= 11 is 0. The van der Waals surface area contributed by atoms with Gasteiger partial charge in [-0.25, -0.2) is 0 Å². The lowest BCUT2D eigenvalue weighted by atomic mass is 9.94. The van der Waals surface area contributed by atoms with Gasteiger partial charge in [0.2, 0.25) is 5.91 Å². The summed E-state index contributed by atoms with van der Waals surface area (Å²) in [6.07, 6.45) is 1.70. The molecule has 14 heavy (non-hydrogen) atoms. The number of nitrogens with one attached hydrogen (secondary N) is 1. The first-order valence-electron chi connectivity index (χ1n) is 5.06. The van der Waals surface area contributed by atoms with E-state index in [0.717, 1.165) is 19.4 Å². The predicted molar refractivity (Wildman–Crippen MR) is 54.9 cm³/mol. The van der Waals surface area contributed by atoms with Crippen LogP contribution in [0.1, 0.15) is 26.7 Å². The van der Waals surface area contributed by atoms with Crippen LogP contribution in [0.25, 0.3) is 0 Å². The summed E-state index contributed by atoms with van der Waals surface area (Å²) in [5.41, 5.74) is -0.245. The van der Waals surface area contributed by atoms with Crippen molar-refractivity contribution >= 4 is 5.91 Å². The van der Waals surface area contributed by atoms with Crippen molar-refractivity contribution in [3.63, 3.8) is 0 Å². The fourth-order valence-electron chi connectivity index (χ4n) is 2.19. The molecule has 1 saturated heterocycles. The molecule has 0 aliphatic carbocycles. The number of methoxy groups -OCH3 is 1. The highest BCUT2D eigenvalue weighted by atomic mass is 16.5. The molecule has 4 nitrogen and oxygen atoms in total. The fourth-order valence-corrected chi connectivity index (χ4v) is 2.19. The van der Waals surface area contributed by atoms with Gasteiger partial charge in [0.05, 0.1) is 0 Å². The number of piperidine rings is 1. The Bertz CT molecular complexity index is 214. The molecule has 1 fully saturated rings. The van der Waals surface area contributed by atoms with Gasteiger partial charge in [-0.1, -0.05) is 0 Å². The second-order valence-corrected chi connectivity index (χ2v) is 3.96. The molecule has 2 atom stereocenters. The number of nitrogens with zero attached hydrogens (tertiary/aromatic N) is 1. The number of likely N-dealkylation sites (tertiary alicyclic amines) is 1. The fraction of sp³-hybridized carbons (Fsp3) is 0.900. The highest BCUT2D eigenvalue weighted by molar-refractivity contribution is 5.73. The van der Waals surface area contributed by atoms with E-state index in [1.165, 1.54) is 0 Å². The highest BCUT2D eigenvalue weighted by Gasteiger charge is 2.37. The average Bonchev–Trinajstić information content (AvgIpc) is 2.17. The molecule has 1 N–H and O–H groups in total. The number of hydrogen-bond acceptors (Lipinski definition) is 3. The summed E-state index contributed by atoms with van der Waals surface area (Å²) in [4.78, 5) is 13.2. The van der Waals surface area contributed by atoms with E-state index in [4.69, 9.17) is 4.74 Å². The Morgan fingerprint density at radius 3 is 2.64 bits per heavy atom. The van der Waals surface area contributed by atoms with E-state index in [1.807, 2.05) is 11.9 Å². The molecule has 0 aromatic heterocycles. The normalized spacial score (nSPS) is 33.1. The maximum absolute atomic E-state index is 11.3. The summed E-state index contributed by atoms with van der Waals surface area (Å²) < 4.78 is 5.48. The zero-order valence-electron chi connectivity index (χ0n) is 9.46. The Morgan fingerprint density at radius 2 is 2.29 bits per heavy atom. The first-order chi connectivity index (χ1) is 6.54. The molecule has 1 aliphatic heterocycles. The van der Waals surface area contributed by atoms with E-state index < -0.39 is 0 Å². The minimum Gasteiger partial charge on any atom is -0.364 e. The van der Waals surface area contributed by atoms with Crippen molar-refractivity contribution in [2.24, 2.45) is 0 Å². The molecule has 0 bridgehead atoms. The standard InChI is InChI=1S/C10H20N2O2/c1-8-7-10(11-3,14-4)5-6-12(8)9(2)13/h8,11H,5-7H2,1-4H3. The lowest BCUT2D eigenvalue weighted by Crippen LogP contribution is -2.57. The van der Waals surface area contributed by atoms with Crippen LogP contribution in [-0.4, -0.2) is 43.3 Å². The predicted octanol–water partition coefficient (Wildman–Crippen LogP) is 0.579. The van der Waals surface area contributed by atoms with Gasteiger partial charge in [0.15, 0.2) is 0 Å². The molecule has 1 rings (SSSR count). The third-order valence-corrected chi connectivity index (χ3v) is 3.16. The minimum absolute atomic E-state index is 0.151. The van der Waals surface area contributed by atoms with E-state index >= 15 is 0 Å². The van der Waals surface area contributed by atoms with Gasteiger partial charge in [0, 0.05) is 39.5 Å². The molecule has 82 valence electrons. The van der Waals surface area contributed by atoms with Crippen molar-refractivity contribution in [1.29, 1.82) is 0 Å². The lowest BCUT2D eigenvalue weighted by Gasteiger charge is -2.44. The molecular weight excluding hydrogens is 180 g/mol. The second kappa shape index (κ2) is 4.28. The van der Waals surface area contributed by atoms with Gasteiger partial charge >= 0.3 is 0 Å². The van der Waals surface area contributed by atoms with Crippen LogP contribution < -0.4 is 5.32 Å². The van der Waals surface area contributed by atoms with E-state index in [1.54, 1.807) is 14.0 Å². The van der Waals surface area contributed by atoms with E-state index in [0.29, 0.717) is 0 Å². The third-order valence-electron chi connectivity index (χ3n) is 3.16. The molecular formula is C10H20N2O2. The molecule has 0 aromatic carbocycles. The van der Waals surface area contributed by atoms with Gasteiger partial charge in [-0.3, -0.25) is 10.1 Å². The summed E-state index contributed by atoms with van der Waals surface area (Å²) in [5, 5.41) is 3.20. The summed E-state index contributed by atoms with van der Waals surface area (Å²) in [7, 11) is 3.62. The topological polar surface area (TPSA) is 41.6 Å². The Balaban J connectivity index is 2.66. The molecule has 0 spiro atoms. The Labute approximate surface area is 85.6 Å². The molecule has 1 heterocycles. The van der Waals surface area contributed by atoms with Crippen LogP contribution in [0.4, 0.5) is 0 Å². The van der Waals surface area contributed by atoms with Crippen LogP contribution in [0, 0.1) is 0 Å². The maximum Gasteiger partial charge on any atom is 0.219 e. The quantitative estimate of drug-likeness (QED) is 0.663. The maximum atomic E-state index is 11.3. The first-order valence-corrected chi connectivity index (χ1v) is 5.06. The molecule has 1 amide bonds. The van der Waals surface area contributed by atoms with E-state index in [2.05, 4.69) is 12.2 Å². The smallest absolute Gasteiger partial charge is 0.219 e. The van der Waals surface area contributed by atoms with Crippen molar-refractivity contribution in [3.05, 3.63) is 0 Å². The molecule has 1 aliphatic rings. The minimum atomic E-state index is -0.245. The third kappa shape index (κ3) is 2.07. The van der Waals surface area contributed by atoms with E-state index in [9.17, 15) is 4.79 Å². The number of carbonyl (C=O) groups is 1. The van der Waals surface area contributed by atoms with Crippen molar-refractivity contribution in [1.82, 2.24) is 10.2 Å². The number of amides is 1. The SMILES string of the molecule is CNC1(OC)CCN(C(C)=O)C(C)C1. The zero-order chi connectivity index (χ0) is 10.8. The van der Waals surface area contributed by atoms with Gasteiger partial charge in [-0.05, 0) is 14.0 Å².